The van der Waals surface area contributed by atoms with E-state index in [9.17, 15) is 19.3 Å². The average Bonchev–Trinajstić information content (AvgIpc) is 2.64. The zero-order chi connectivity index (χ0) is 22.7. The van der Waals surface area contributed by atoms with Crippen molar-refractivity contribution in [3.05, 3.63) is 35.9 Å². The van der Waals surface area contributed by atoms with Crippen molar-refractivity contribution in [1.29, 1.82) is 0 Å². The molecule has 0 radical (unpaired) electrons. The van der Waals surface area contributed by atoms with E-state index in [1.165, 1.54) is 0 Å². The van der Waals surface area contributed by atoms with Crippen LogP contribution in [0.5, 0.6) is 0 Å². The lowest BCUT2D eigenvalue weighted by atomic mass is 10.0. The Morgan fingerprint density at radius 3 is 2.17 bits per heavy atom. The molecule has 4 atom stereocenters. The fourth-order valence-electron chi connectivity index (χ4n) is 2.81. The molecule has 0 saturated heterocycles. The van der Waals surface area contributed by atoms with Crippen LogP contribution in [-0.4, -0.2) is 40.4 Å². The van der Waals surface area contributed by atoms with Gasteiger partial charge < -0.3 is 20.5 Å². The van der Waals surface area contributed by atoms with E-state index in [4.69, 9.17) is 9.63 Å². The lowest BCUT2D eigenvalue weighted by molar-refractivity contribution is -0.128. The molecule has 0 fully saturated rings. The summed E-state index contributed by atoms with van der Waals surface area (Å²) in [5.74, 6) is -0.383. The molecule has 0 aromatic heterocycles. The molecule has 1 aromatic carbocycles. The molecule has 10 heteroatoms. The second-order valence-electron chi connectivity index (χ2n) is 7.87. The van der Waals surface area contributed by atoms with Crippen LogP contribution in [0.3, 0.4) is 0 Å². The van der Waals surface area contributed by atoms with Gasteiger partial charge in [0.25, 0.3) is 0 Å². The molecule has 0 heterocycles. The first kappa shape index (κ1) is 26.0. The highest BCUT2D eigenvalue weighted by Gasteiger charge is 2.33. The SMILES string of the molecule is CC(C)C[C@H](NC(=O)OCc1ccccc1)C(=O)N[C@H](CC(C)C)[C@@H](O)O[P+](=O)O. The molecule has 9 nitrogen and oxygen atoms in total. The summed E-state index contributed by atoms with van der Waals surface area (Å²) in [4.78, 5) is 33.9. The molecule has 2 amide bonds. The number of hydrogen-bond acceptors (Lipinski definition) is 6. The van der Waals surface area contributed by atoms with Crippen molar-refractivity contribution in [1.82, 2.24) is 10.6 Å². The predicted molar refractivity (Wildman–Crippen MR) is 111 cm³/mol. The van der Waals surface area contributed by atoms with Crippen molar-refractivity contribution < 1.29 is 33.4 Å². The van der Waals surface area contributed by atoms with Crippen LogP contribution >= 0.6 is 8.25 Å². The van der Waals surface area contributed by atoms with Gasteiger partial charge in [0.15, 0.2) is 0 Å². The van der Waals surface area contributed by atoms with Crippen LogP contribution in [0.2, 0.25) is 0 Å². The normalized spacial score (nSPS) is 14.7. The molecule has 0 bridgehead atoms. The minimum Gasteiger partial charge on any atom is -0.445 e. The maximum Gasteiger partial charge on any atom is 0.697 e. The van der Waals surface area contributed by atoms with Gasteiger partial charge >= 0.3 is 14.3 Å². The fourth-order valence-corrected chi connectivity index (χ4v) is 3.15. The third kappa shape index (κ3) is 10.6. The van der Waals surface area contributed by atoms with Crippen LogP contribution in [0.15, 0.2) is 30.3 Å². The number of alkyl carbamates (subject to hydrolysis) is 1. The summed E-state index contributed by atoms with van der Waals surface area (Å²) < 4.78 is 20.6. The number of benzene rings is 1. The molecule has 1 aromatic rings. The monoisotopic (exact) mass is 443 g/mol. The van der Waals surface area contributed by atoms with Crippen LogP contribution in [-0.2, 0) is 25.2 Å². The molecule has 4 N–H and O–H groups in total. The van der Waals surface area contributed by atoms with Gasteiger partial charge in [-0.15, -0.1) is 4.89 Å². The Labute approximate surface area is 178 Å². The highest BCUT2D eigenvalue weighted by atomic mass is 31.1. The van der Waals surface area contributed by atoms with Crippen molar-refractivity contribution in [3.63, 3.8) is 0 Å². The molecular formula is C20H32N2O7P+. The first-order valence-corrected chi connectivity index (χ1v) is 11.0. The Bertz CT molecular complexity index is 685. The highest BCUT2D eigenvalue weighted by Crippen LogP contribution is 2.21. The van der Waals surface area contributed by atoms with E-state index < -0.39 is 38.6 Å². The number of aliphatic hydroxyl groups excluding tert-OH is 1. The van der Waals surface area contributed by atoms with E-state index in [-0.39, 0.29) is 18.4 Å². The Balaban J connectivity index is 2.76. The largest absolute Gasteiger partial charge is 0.697 e. The zero-order valence-electron chi connectivity index (χ0n) is 17.8. The summed E-state index contributed by atoms with van der Waals surface area (Å²) in [6, 6.07) is 7.32. The lowest BCUT2D eigenvalue weighted by Crippen LogP contribution is -2.53. The number of hydrogen-bond donors (Lipinski definition) is 4. The maximum atomic E-state index is 12.8. The smallest absolute Gasteiger partial charge is 0.445 e. The number of rotatable bonds is 12. The van der Waals surface area contributed by atoms with Crippen molar-refractivity contribution >= 4 is 20.3 Å². The van der Waals surface area contributed by atoms with Crippen molar-refractivity contribution in [2.45, 2.75) is 65.5 Å². The number of aliphatic hydroxyl groups is 1. The molecule has 1 unspecified atom stereocenters. The van der Waals surface area contributed by atoms with E-state index in [1.54, 1.807) is 0 Å². The first-order chi connectivity index (χ1) is 14.1. The van der Waals surface area contributed by atoms with Crippen molar-refractivity contribution in [2.24, 2.45) is 11.8 Å². The number of nitrogens with one attached hydrogen (secondary N) is 2. The lowest BCUT2D eigenvalue weighted by Gasteiger charge is -2.26. The van der Waals surface area contributed by atoms with E-state index in [0.29, 0.717) is 12.8 Å². The minimum atomic E-state index is -3.03. The van der Waals surface area contributed by atoms with Crippen LogP contribution < -0.4 is 10.6 Å². The first-order valence-electron chi connectivity index (χ1n) is 9.87. The minimum absolute atomic E-state index is 0.0643. The predicted octanol–water partition coefficient (Wildman–Crippen LogP) is 2.84. The summed E-state index contributed by atoms with van der Waals surface area (Å²) in [6.45, 7) is 7.61. The van der Waals surface area contributed by atoms with Gasteiger partial charge in [0, 0.05) is 4.57 Å². The van der Waals surface area contributed by atoms with Crippen molar-refractivity contribution in [2.75, 3.05) is 0 Å². The van der Waals surface area contributed by atoms with Crippen LogP contribution in [0.25, 0.3) is 0 Å². The Hall–Kier alpha value is -2.06. The van der Waals surface area contributed by atoms with Gasteiger partial charge in [0.2, 0.25) is 12.2 Å². The highest BCUT2D eigenvalue weighted by molar-refractivity contribution is 7.32. The number of carbonyl (C=O) groups excluding carboxylic acids is 2. The second-order valence-corrected chi connectivity index (χ2v) is 8.55. The molecule has 1 rings (SSSR count). The molecule has 0 aliphatic heterocycles. The third-order valence-electron chi connectivity index (χ3n) is 4.12. The Morgan fingerprint density at radius 2 is 1.63 bits per heavy atom. The number of amides is 2. The van der Waals surface area contributed by atoms with Gasteiger partial charge in [-0.2, -0.15) is 0 Å². The topological polar surface area (TPSA) is 134 Å². The van der Waals surface area contributed by atoms with Gasteiger partial charge in [-0.1, -0.05) is 62.6 Å². The third-order valence-corrected chi connectivity index (χ3v) is 4.52. The zero-order valence-corrected chi connectivity index (χ0v) is 18.7. The van der Waals surface area contributed by atoms with Gasteiger partial charge in [-0.25, -0.2) is 4.79 Å². The molecule has 0 aliphatic carbocycles. The molecule has 0 saturated carbocycles. The Kier molecular flexibility index (Phi) is 11.5. The summed E-state index contributed by atoms with van der Waals surface area (Å²) >= 11 is 0. The van der Waals surface area contributed by atoms with Gasteiger partial charge in [-0.3, -0.25) is 4.79 Å². The molecule has 30 heavy (non-hydrogen) atoms. The fraction of sp³-hybridized carbons (Fsp3) is 0.600. The molecule has 0 spiro atoms. The summed E-state index contributed by atoms with van der Waals surface area (Å²) in [5.41, 5.74) is 0.813. The van der Waals surface area contributed by atoms with Crippen LogP contribution in [0.4, 0.5) is 4.79 Å². The molecule has 168 valence electrons. The standard InChI is InChI=1S/C20H31N2O7P/c1-13(2)10-16(22-20(25)28-12-15-8-6-5-7-9-15)18(23)21-17(11-14(3)4)19(24)29-30(26)27/h5-9,13-14,16-17,19,24H,10-12H2,1-4H3,(H2-,21,22,23,25,26,27)/p+1/t16-,17+,19-/m0/s1. The molecule has 0 aliphatic rings. The van der Waals surface area contributed by atoms with Crippen LogP contribution in [0, 0.1) is 11.8 Å². The number of ether oxygens (including phenoxy) is 1. The van der Waals surface area contributed by atoms with Gasteiger partial charge in [-0.05, 0) is 30.2 Å². The van der Waals surface area contributed by atoms with E-state index in [2.05, 4.69) is 15.2 Å². The van der Waals surface area contributed by atoms with E-state index in [0.717, 1.165) is 5.56 Å². The van der Waals surface area contributed by atoms with Crippen molar-refractivity contribution in [3.8, 4) is 0 Å². The Morgan fingerprint density at radius 1 is 1.03 bits per heavy atom. The molecular weight excluding hydrogens is 411 g/mol. The number of carbonyl (C=O) groups is 2. The maximum absolute atomic E-state index is 12.8. The summed E-state index contributed by atoms with van der Waals surface area (Å²) in [5, 5.41) is 15.2. The average molecular weight is 443 g/mol. The summed E-state index contributed by atoms with van der Waals surface area (Å²) in [6.07, 6.45) is -1.75. The summed E-state index contributed by atoms with van der Waals surface area (Å²) in [7, 11) is -3.03. The van der Waals surface area contributed by atoms with E-state index in [1.807, 2.05) is 58.0 Å². The quantitative estimate of drug-likeness (QED) is 0.288. The van der Waals surface area contributed by atoms with Gasteiger partial charge in [0.05, 0.1) is 6.04 Å². The second kappa shape index (κ2) is 13.3. The van der Waals surface area contributed by atoms with E-state index >= 15 is 0 Å². The van der Waals surface area contributed by atoms with Gasteiger partial charge in [0.1, 0.15) is 12.6 Å². The van der Waals surface area contributed by atoms with Crippen LogP contribution in [0.1, 0.15) is 46.1 Å².